The maximum Gasteiger partial charge on any atom is 0.328 e. The van der Waals surface area contributed by atoms with E-state index in [0.29, 0.717) is 28.9 Å². The van der Waals surface area contributed by atoms with Gasteiger partial charge in [0, 0.05) is 6.20 Å². The molecule has 0 amide bonds. The zero-order chi connectivity index (χ0) is 18.0. The number of hydrogen-bond acceptors (Lipinski definition) is 9. The number of aromatic nitrogens is 4. The highest BCUT2D eigenvalue weighted by Gasteiger charge is 2.16. The molecule has 0 aliphatic rings. The number of rotatable bonds is 5. The molecule has 0 aromatic carbocycles. The molecule has 0 spiro atoms. The number of nitrogen functional groups attached to an aromatic ring is 1. The number of ether oxygens (including phenoxy) is 1. The molecule has 10 nitrogen and oxygen atoms in total. The molecule has 0 bridgehead atoms. The second-order valence-electron chi connectivity index (χ2n) is 5.18. The quantitative estimate of drug-likeness (QED) is 0.523. The summed E-state index contributed by atoms with van der Waals surface area (Å²) in [4.78, 5) is 20.0. The predicted octanol–water partition coefficient (Wildman–Crippen LogP) is -0.556. The summed E-state index contributed by atoms with van der Waals surface area (Å²) in [5, 5.41) is 15.6. The maximum atomic E-state index is 11.7. The fourth-order valence-corrected chi connectivity index (χ4v) is 2.30. The number of nitrogens with two attached hydrogens (primary N) is 1. The molecule has 3 rings (SSSR count). The normalized spacial score (nSPS) is 13.1. The van der Waals surface area contributed by atoms with Crippen molar-refractivity contribution >= 4 is 23.8 Å². The molecular weight excluding hydrogens is 326 g/mol. The van der Waals surface area contributed by atoms with Gasteiger partial charge in [0.2, 0.25) is 11.8 Å². The van der Waals surface area contributed by atoms with Gasteiger partial charge in [-0.05, 0) is 18.6 Å². The first kappa shape index (κ1) is 16.4. The Labute approximate surface area is 141 Å². The fourth-order valence-electron chi connectivity index (χ4n) is 2.30. The van der Waals surface area contributed by atoms with Crippen molar-refractivity contribution in [2.75, 3.05) is 12.8 Å². The van der Waals surface area contributed by atoms with E-state index in [1.807, 2.05) is 6.92 Å². The summed E-state index contributed by atoms with van der Waals surface area (Å²) in [6, 6.07) is 2.89. The number of anilines is 1. The van der Waals surface area contributed by atoms with Gasteiger partial charge in [0.05, 0.1) is 18.6 Å². The summed E-state index contributed by atoms with van der Waals surface area (Å²) in [5.41, 5.74) is 6.08. The van der Waals surface area contributed by atoms with Crippen LogP contribution in [0.3, 0.4) is 0 Å². The van der Waals surface area contributed by atoms with E-state index < -0.39 is 12.0 Å². The Bertz CT molecular complexity index is 1010. The van der Waals surface area contributed by atoms with Gasteiger partial charge in [-0.15, -0.1) is 5.10 Å². The van der Waals surface area contributed by atoms with E-state index >= 15 is 0 Å². The highest BCUT2D eigenvalue weighted by Crippen LogP contribution is 2.15. The maximum absolute atomic E-state index is 11.7. The Balaban J connectivity index is 2.12. The van der Waals surface area contributed by atoms with Crippen molar-refractivity contribution < 1.29 is 13.9 Å². The van der Waals surface area contributed by atoms with Crippen LogP contribution in [-0.4, -0.2) is 38.7 Å². The molecule has 3 heterocycles. The summed E-state index contributed by atoms with van der Waals surface area (Å²) < 4.78 is 11.3. The van der Waals surface area contributed by atoms with E-state index in [9.17, 15) is 4.79 Å². The zero-order valence-electron chi connectivity index (χ0n) is 13.7. The Morgan fingerprint density at radius 1 is 1.56 bits per heavy atom. The molecule has 130 valence electrons. The Hall–Kier alpha value is -3.43. The molecule has 25 heavy (non-hydrogen) atoms. The van der Waals surface area contributed by atoms with Crippen LogP contribution in [-0.2, 0) is 9.53 Å². The van der Waals surface area contributed by atoms with E-state index in [1.165, 1.54) is 24.1 Å². The number of esters is 1. The van der Waals surface area contributed by atoms with Crippen molar-refractivity contribution in [2.24, 2.45) is 0 Å². The molecule has 0 fully saturated rings. The number of nitrogens with zero attached hydrogens (tertiary/aromatic N) is 4. The Morgan fingerprint density at radius 2 is 2.36 bits per heavy atom. The minimum atomic E-state index is -0.547. The van der Waals surface area contributed by atoms with Crippen LogP contribution in [0.25, 0.3) is 23.4 Å². The lowest BCUT2D eigenvalue weighted by molar-refractivity contribution is -0.142. The molecule has 4 N–H and O–H groups in total. The van der Waals surface area contributed by atoms with Crippen LogP contribution >= 0.6 is 0 Å². The first-order chi connectivity index (χ1) is 12.0. The molecular formula is C15H17N7O3. The SMILES string of the molecule is CCC(N/C=c1\c(=N)nc(N)n2nc(-c3ccco3)nc12)C(=O)OC. The van der Waals surface area contributed by atoms with Crippen LogP contribution in [0.5, 0.6) is 0 Å². The molecule has 10 heteroatoms. The summed E-state index contributed by atoms with van der Waals surface area (Å²) in [7, 11) is 1.32. The number of methoxy groups -OCH3 is 1. The summed E-state index contributed by atoms with van der Waals surface area (Å²) in [6.07, 6.45) is 3.52. The second kappa shape index (κ2) is 6.59. The van der Waals surface area contributed by atoms with Crippen molar-refractivity contribution in [1.82, 2.24) is 24.9 Å². The van der Waals surface area contributed by atoms with Crippen LogP contribution in [0.1, 0.15) is 13.3 Å². The third kappa shape index (κ3) is 3.01. The van der Waals surface area contributed by atoms with Gasteiger partial charge in [-0.1, -0.05) is 6.92 Å². The lowest BCUT2D eigenvalue weighted by atomic mass is 10.2. The molecule has 1 unspecified atom stereocenters. The standard InChI is InChI=1S/C15H17N7O3/c1-3-9(14(23)24-2)18-7-8-11(16)19-15(17)22-13(8)20-12(21-22)10-5-4-6-25-10/h4-7,9,18H,3H2,1-2H3,(H3,16,17,19)/b8-7+. The Kier molecular flexibility index (Phi) is 4.33. The zero-order valence-corrected chi connectivity index (χ0v) is 13.7. The molecule has 0 aliphatic carbocycles. The van der Waals surface area contributed by atoms with Gasteiger partial charge in [0.25, 0.3) is 0 Å². The van der Waals surface area contributed by atoms with Crippen molar-refractivity contribution in [3.8, 4) is 11.6 Å². The van der Waals surface area contributed by atoms with Crippen LogP contribution < -0.4 is 21.8 Å². The van der Waals surface area contributed by atoms with Crippen molar-refractivity contribution in [2.45, 2.75) is 19.4 Å². The van der Waals surface area contributed by atoms with Crippen LogP contribution in [0.4, 0.5) is 5.95 Å². The van der Waals surface area contributed by atoms with Crippen LogP contribution in [0, 0.1) is 5.41 Å². The monoisotopic (exact) mass is 343 g/mol. The smallest absolute Gasteiger partial charge is 0.328 e. The molecule has 3 aromatic heterocycles. The number of carbonyl (C=O) groups is 1. The predicted molar refractivity (Wildman–Crippen MR) is 87.7 cm³/mol. The third-order valence-electron chi connectivity index (χ3n) is 3.61. The lowest BCUT2D eigenvalue weighted by Gasteiger charge is -2.12. The van der Waals surface area contributed by atoms with Crippen molar-refractivity contribution in [1.29, 1.82) is 5.41 Å². The van der Waals surface area contributed by atoms with Crippen molar-refractivity contribution in [3.05, 3.63) is 29.1 Å². The van der Waals surface area contributed by atoms with E-state index in [0.717, 1.165) is 0 Å². The average molecular weight is 343 g/mol. The fraction of sp³-hybridized carbons (Fsp3) is 0.267. The molecule has 0 radical (unpaired) electrons. The highest BCUT2D eigenvalue weighted by molar-refractivity contribution is 5.76. The molecule has 1 atom stereocenters. The number of nitrogens with one attached hydrogen (secondary N) is 2. The van der Waals surface area contributed by atoms with Crippen LogP contribution in [0.2, 0.25) is 0 Å². The minimum Gasteiger partial charge on any atom is -0.467 e. The summed E-state index contributed by atoms with van der Waals surface area (Å²) in [6.45, 7) is 1.84. The number of fused-ring (bicyclic) bond motifs is 1. The topological polar surface area (TPSA) is 144 Å². The summed E-state index contributed by atoms with van der Waals surface area (Å²) >= 11 is 0. The van der Waals surface area contributed by atoms with Gasteiger partial charge in [-0.25, -0.2) is 9.78 Å². The number of carbonyl (C=O) groups excluding carboxylic acids is 1. The van der Waals surface area contributed by atoms with E-state index in [1.54, 1.807) is 12.1 Å². The van der Waals surface area contributed by atoms with Gasteiger partial charge in [0.15, 0.2) is 16.9 Å². The largest absolute Gasteiger partial charge is 0.467 e. The van der Waals surface area contributed by atoms with E-state index in [2.05, 4.69) is 20.4 Å². The van der Waals surface area contributed by atoms with Crippen LogP contribution in [0.15, 0.2) is 22.8 Å². The van der Waals surface area contributed by atoms with Gasteiger partial charge >= 0.3 is 5.97 Å². The first-order valence-corrected chi connectivity index (χ1v) is 7.54. The molecule has 0 saturated heterocycles. The molecule has 0 aliphatic heterocycles. The molecule has 0 saturated carbocycles. The van der Waals surface area contributed by atoms with Gasteiger partial charge < -0.3 is 20.2 Å². The van der Waals surface area contributed by atoms with Crippen molar-refractivity contribution in [3.63, 3.8) is 0 Å². The van der Waals surface area contributed by atoms with E-state index in [-0.39, 0.29) is 11.4 Å². The van der Waals surface area contributed by atoms with E-state index in [4.69, 9.17) is 20.3 Å². The summed E-state index contributed by atoms with van der Waals surface area (Å²) in [5.74, 6) is 0.415. The Morgan fingerprint density at radius 3 is 3.00 bits per heavy atom. The number of furan rings is 1. The molecule has 3 aromatic rings. The third-order valence-corrected chi connectivity index (χ3v) is 3.61. The van der Waals surface area contributed by atoms with Gasteiger partial charge in [-0.2, -0.15) is 9.50 Å². The van der Waals surface area contributed by atoms with Gasteiger partial charge in [-0.3, -0.25) is 5.41 Å². The van der Waals surface area contributed by atoms with Gasteiger partial charge in [0.1, 0.15) is 6.04 Å². The highest BCUT2D eigenvalue weighted by atomic mass is 16.5. The number of hydrogen-bond donors (Lipinski definition) is 3. The first-order valence-electron chi connectivity index (χ1n) is 7.54. The minimum absolute atomic E-state index is 0.0301. The average Bonchev–Trinajstić information content (AvgIpc) is 3.26. The second-order valence-corrected chi connectivity index (χ2v) is 5.18. The lowest BCUT2D eigenvalue weighted by Crippen LogP contribution is -2.39.